The SMILES string of the molecule is CCCC1NN(Cc2ccc(-c3ccccc3-c3nnn[nH]3)cc2)C(=NC(C)=O)S1. The van der Waals surface area contributed by atoms with Gasteiger partial charge in [-0.05, 0) is 33.5 Å². The van der Waals surface area contributed by atoms with E-state index in [0.717, 1.165) is 40.3 Å². The van der Waals surface area contributed by atoms with E-state index in [4.69, 9.17) is 0 Å². The van der Waals surface area contributed by atoms with Crippen LogP contribution in [0.3, 0.4) is 0 Å². The van der Waals surface area contributed by atoms with Crippen LogP contribution in [-0.2, 0) is 11.3 Å². The number of carbonyl (C=O) groups is 1. The number of amidine groups is 1. The molecular formula is C21H23N7OS. The minimum Gasteiger partial charge on any atom is -0.281 e. The van der Waals surface area contributed by atoms with Crippen LogP contribution in [-0.4, -0.2) is 42.1 Å². The highest BCUT2D eigenvalue weighted by Crippen LogP contribution is 2.31. The second kappa shape index (κ2) is 9.19. The van der Waals surface area contributed by atoms with Gasteiger partial charge in [-0.1, -0.05) is 73.6 Å². The predicted molar refractivity (Wildman–Crippen MR) is 118 cm³/mol. The average molecular weight is 422 g/mol. The van der Waals surface area contributed by atoms with Crippen molar-refractivity contribution in [2.24, 2.45) is 4.99 Å². The molecular weight excluding hydrogens is 398 g/mol. The van der Waals surface area contributed by atoms with Crippen molar-refractivity contribution in [1.29, 1.82) is 0 Å². The normalized spacial score (nSPS) is 17.6. The Kier molecular flexibility index (Phi) is 6.20. The van der Waals surface area contributed by atoms with Gasteiger partial charge in [0.15, 0.2) is 11.0 Å². The van der Waals surface area contributed by atoms with Gasteiger partial charge in [-0.15, -0.1) is 5.10 Å². The van der Waals surface area contributed by atoms with E-state index in [1.165, 1.54) is 6.92 Å². The zero-order valence-electron chi connectivity index (χ0n) is 16.9. The van der Waals surface area contributed by atoms with Crippen LogP contribution >= 0.6 is 11.8 Å². The molecule has 1 aliphatic rings. The molecule has 9 heteroatoms. The molecule has 2 heterocycles. The van der Waals surface area contributed by atoms with Crippen molar-refractivity contribution in [3.05, 3.63) is 54.1 Å². The number of aromatic nitrogens is 4. The molecule has 1 amide bonds. The Hall–Kier alpha value is -3.04. The number of tetrazole rings is 1. The van der Waals surface area contributed by atoms with E-state index < -0.39 is 0 Å². The molecule has 4 rings (SSSR count). The fraction of sp³-hybridized carbons (Fsp3) is 0.286. The third-order valence-corrected chi connectivity index (χ3v) is 5.86. The summed E-state index contributed by atoms with van der Waals surface area (Å²) in [6.07, 6.45) is 2.09. The van der Waals surface area contributed by atoms with Gasteiger partial charge in [0, 0.05) is 12.5 Å². The van der Waals surface area contributed by atoms with Crippen molar-refractivity contribution in [2.45, 2.75) is 38.6 Å². The molecule has 0 spiro atoms. The maximum atomic E-state index is 11.5. The van der Waals surface area contributed by atoms with E-state index in [1.807, 2.05) is 23.2 Å². The first kappa shape index (κ1) is 20.2. The topological polar surface area (TPSA) is 99.2 Å². The Bertz CT molecular complexity index is 1030. The van der Waals surface area contributed by atoms with Crippen molar-refractivity contribution in [2.75, 3.05) is 0 Å². The summed E-state index contributed by atoms with van der Waals surface area (Å²) >= 11 is 1.61. The summed E-state index contributed by atoms with van der Waals surface area (Å²) in [7, 11) is 0. The maximum absolute atomic E-state index is 11.5. The number of hydrogen-bond donors (Lipinski definition) is 2. The van der Waals surface area contributed by atoms with Gasteiger partial charge >= 0.3 is 0 Å². The molecule has 1 unspecified atom stereocenters. The molecule has 8 nitrogen and oxygen atoms in total. The van der Waals surface area contributed by atoms with E-state index in [1.54, 1.807) is 11.8 Å². The predicted octanol–water partition coefficient (Wildman–Crippen LogP) is 3.62. The van der Waals surface area contributed by atoms with Crippen LogP contribution in [0, 0.1) is 0 Å². The Morgan fingerprint density at radius 1 is 1.17 bits per heavy atom. The molecule has 1 aromatic heterocycles. The highest BCUT2D eigenvalue weighted by Gasteiger charge is 2.28. The zero-order valence-corrected chi connectivity index (χ0v) is 17.7. The highest BCUT2D eigenvalue weighted by atomic mass is 32.2. The summed E-state index contributed by atoms with van der Waals surface area (Å²) in [5.74, 6) is 0.454. The van der Waals surface area contributed by atoms with Gasteiger partial charge in [-0.2, -0.15) is 4.99 Å². The maximum Gasteiger partial charge on any atom is 0.245 e. The number of rotatable bonds is 6. The molecule has 0 bridgehead atoms. The molecule has 30 heavy (non-hydrogen) atoms. The van der Waals surface area contributed by atoms with Gasteiger partial charge in [0.25, 0.3) is 0 Å². The first-order valence-corrected chi connectivity index (χ1v) is 10.7. The van der Waals surface area contributed by atoms with E-state index in [-0.39, 0.29) is 11.3 Å². The summed E-state index contributed by atoms with van der Waals surface area (Å²) in [6, 6.07) is 16.4. The number of benzene rings is 2. The fourth-order valence-electron chi connectivity index (χ4n) is 3.35. The smallest absolute Gasteiger partial charge is 0.245 e. The van der Waals surface area contributed by atoms with Gasteiger partial charge in [0.2, 0.25) is 5.91 Å². The van der Waals surface area contributed by atoms with Crippen molar-refractivity contribution >= 4 is 22.8 Å². The number of amides is 1. The van der Waals surface area contributed by atoms with Crippen LogP contribution < -0.4 is 5.43 Å². The second-order valence-electron chi connectivity index (χ2n) is 7.02. The molecule has 0 saturated carbocycles. The van der Waals surface area contributed by atoms with Gasteiger partial charge in [-0.25, -0.2) is 10.5 Å². The van der Waals surface area contributed by atoms with Crippen molar-refractivity contribution in [1.82, 2.24) is 31.1 Å². The third-order valence-electron chi connectivity index (χ3n) is 4.72. The van der Waals surface area contributed by atoms with Crippen LogP contribution in [0.4, 0.5) is 0 Å². The van der Waals surface area contributed by atoms with Crippen LogP contribution in [0.2, 0.25) is 0 Å². The Balaban J connectivity index is 1.54. The lowest BCUT2D eigenvalue weighted by molar-refractivity contribution is -0.115. The molecule has 2 aromatic carbocycles. The molecule has 154 valence electrons. The van der Waals surface area contributed by atoms with E-state index >= 15 is 0 Å². The highest BCUT2D eigenvalue weighted by molar-refractivity contribution is 8.14. The summed E-state index contributed by atoms with van der Waals surface area (Å²) in [5, 5.41) is 17.2. The first-order chi connectivity index (χ1) is 14.6. The number of hydrazine groups is 1. The number of nitrogens with one attached hydrogen (secondary N) is 2. The molecule has 1 saturated heterocycles. The van der Waals surface area contributed by atoms with Crippen LogP contribution in [0.25, 0.3) is 22.5 Å². The standard InChI is InChI=1S/C21H23N7OS/c1-3-6-19-25-28(21(30-19)22-14(2)29)13-15-9-11-16(12-10-15)17-7-4-5-8-18(17)20-23-26-27-24-20/h4-5,7-12,19,25H,3,6,13H2,1-2H3,(H,23,24,26,27). The van der Waals surface area contributed by atoms with Crippen molar-refractivity contribution in [3.63, 3.8) is 0 Å². The minimum atomic E-state index is -0.185. The number of carbonyl (C=O) groups excluding carboxylic acids is 1. The number of aromatic amines is 1. The van der Waals surface area contributed by atoms with Gasteiger partial charge in [-0.3, -0.25) is 9.80 Å². The van der Waals surface area contributed by atoms with Gasteiger partial charge in [0.1, 0.15) is 0 Å². The summed E-state index contributed by atoms with van der Waals surface area (Å²) in [6.45, 7) is 4.26. The Morgan fingerprint density at radius 3 is 2.60 bits per heavy atom. The summed E-state index contributed by atoms with van der Waals surface area (Å²) in [4.78, 5) is 15.7. The van der Waals surface area contributed by atoms with Crippen molar-refractivity contribution in [3.8, 4) is 22.5 Å². The largest absolute Gasteiger partial charge is 0.281 e. The molecule has 2 N–H and O–H groups in total. The van der Waals surface area contributed by atoms with Crippen molar-refractivity contribution < 1.29 is 4.79 Å². The minimum absolute atomic E-state index is 0.185. The van der Waals surface area contributed by atoms with Gasteiger partial charge in [0.05, 0.1) is 11.9 Å². The Morgan fingerprint density at radius 2 is 1.93 bits per heavy atom. The third kappa shape index (κ3) is 4.58. The fourth-order valence-corrected chi connectivity index (χ4v) is 4.57. The first-order valence-electron chi connectivity index (χ1n) is 9.86. The number of thioether (sulfide) groups is 1. The average Bonchev–Trinajstić information content (AvgIpc) is 3.39. The quantitative estimate of drug-likeness (QED) is 0.627. The lowest BCUT2D eigenvalue weighted by atomic mass is 9.98. The van der Waals surface area contributed by atoms with Crippen LogP contribution in [0.5, 0.6) is 0 Å². The van der Waals surface area contributed by atoms with Gasteiger partial charge < -0.3 is 0 Å². The van der Waals surface area contributed by atoms with Crippen LogP contribution in [0.1, 0.15) is 32.3 Å². The second-order valence-corrected chi connectivity index (χ2v) is 8.19. The molecule has 0 radical (unpaired) electrons. The summed E-state index contributed by atoms with van der Waals surface area (Å²) in [5.41, 5.74) is 7.67. The number of H-pyrrole nitrogens is 1. The number of aliphatic imine (C=N–C) groups is 1. The Labute approximate surface area is 179 Å². The molecule has 0 aliphatic carbocycles. The number of hydrogen-bond acceptors (Lipinski definition) is 6. The monoisotopic (exact) mass is 421 g/mol. The lowest BCUT2D eigenvalue weighted by Gasteiger charge is -2.19. The molecule has 1 fully saturated rings. The van der Waals surface area contributed by atoms with E-state index in [0.29, 0.717) is 12.4 Å². The van der Waals surface area contributed by atoms with E-state index in [2.05, 4.69) is 68.3 Å². The van der Waals surface area contributed by atoms with E-state index in [9.17, 15) is 4.79 Å². The number of nitrogens with zero attached hydrogens (tertiary/aromatic N) is 5. The van der Waals surface area contributed by atoms with Crippen LogP contribution in [0.15, 0.2) is 53.5 Å². The molecule has 1 atom stereocenters. The zero-order chi connectivity index (χ0) is 20.9. The lowest BCUT2D eigenvalue weighted by Crippen LogP contribution is -2.37. The summed E-state index contributed by atoms with van der Waals surface area (Å²) < 4.78 is 0. The molecule has 3 aromatic rings. The molecule has 1 aliphatic heterocycles.